The highest BCUT2D eigenvalue weighted by Crippen LogP contribution is 2.20. The van der Waals surface area contributed by atoms with Crippen LogP contribution < -0.4 is 5.32 Å². The molecule has 1 aliphatic rings. The molecule has 1 amide bonds. The van der Waals surface area contributed by atoms with Crippen molar-refractivity contribution in [2.75, 3.05) is 25.0 Å². The molecule has 1 fully saturated rings. The molecule has 1 saturated heterocycles. The maximum Gasteiger partial charge on any atom is 0.224 e. The minimum absolute atomic E-state index is 0.219. The monoisotopic (exact) mass is 346 g/mol. The van der Waals surface area contributed by atoms with Crippen molar-refractivity contribution >= 4 is 39.3 Å². The second kappa shape index (κ2) is 7.05. The molecule has 0 bridgehead atoms. The van der Waals surface area contributed by atoms with Gasteiger partial charge in [0.1, 0.15) is 5.82 Å². The average molecular weight is 348 g/mol. The Morgan fingerprint density at radius 3 is 3.11 bits per heavy atom. The van der Waals surface area contributed by atoms with Crippen LogP contribution in [0.3, 0.4) is 0 Å². The number of hydrogen-bond acceptors (Lipinski definition) is 4. The third-order valence-electron chi connectivity index (χ3n) is 3.03. The molecule has 0 radical (unpaired) electrons. The standard InChI is InChI=1S/C12H16BrClN4O/c13-9-8-16-12(14)17-11(9)15-5-3-7-18-6-2-1-4-10(18)19/h8H,1-7H2,(H,15,16,17). The van der Waals surface area contributed by atoms with Gasteiger partial charge < -0.3 is 10.2 Å². The zero-order valence-electron chi connectivity index (χ0n) is 10.5. The lowest BCUT2D eigenvalue weighted by Gasteiger charge is -2.26. The number of halogens is 2. The van der Waals surface area contributed by atoms with Crippen molar-refractivity contribution in [3.05, 3.63) is 16.0 Å². The fourth-order valence-electron chi connectivity index (χ4n) is 2.04. The Kier molecular flexibility index (Phi) is 5.39. The Morgan fingerprint density at radius 1 is 1.47 bits per heavy atom. The number of anilines is 1. The highest BCUT2D eigenvalue weighted by atomic mass is 79.9. The molecule has 19 heavy (non-hydrogen) atoms. The number of carbonyl (C=O) groups excluding carboxylic acids is 1. The van der Waals surface area contributed by atoms with Crippen LogP contribution in [0, 0.1) is 0 Å². The summed E-state index contributed by atoms with van der Waals surface area (Å²) in [6.07, 6.45) is 5.35. The van der Waals surface area contributed by atoms with E-state index in [1.165, 1.54) is 0 Å². The Balaban J connectivity index is 1.74. The van der Waals surface area contributed by atoms with Gasteiger partial charge in [0.05, 0.1) is 4.47 Å². The van der Waals surface area contributed by atoms with E-state index in [2.05, 4.69) is 31.2 Å². The molecule has 5 nitrogen and oxygen atoms in total. The minimum atomic E-state index is 0.219. The SMILES string of the molecule is O=C1CCCCN1CCCNc1nc(Cl)ncc1Br. The zero-order chi connectivity index (χ0) is 13.7. The van der Waals surface area contributed by atoms with Crippen LogP contribution in [0.5, 0.6) is 0 Å². The van der Waals surface area contributed by atoms with E-state index in [0.717, 1.165) is 43.4 Å². The lowest BCUT2D eigenvalue weighted by atomic mass is 10.1. The number of aromatic nitrogens is 2. The highest BCUT2D eigenvalue weighted by molar-refractivity contribution is 9.10. The summed E-state index contributed by atoms with van der Waals surface area (Å²) in [7, 11) is 0. The average Bonchev–Trinajstić information content (AvgIpc) is 2.40. The van der Waals surface area contributed by atoms with Crippen molar-refractivity contribution in [2.24, 2.45) is 0 Å². The molecule has 0 unspecified atom stereocenters. The second-order valence-corrected chi connectivity index (χ2v) is 5.65. The van der Waals surface area contributed by atoms with Crippen molar-refractivity contribution in [3.8, 4) is 0 Å². The fraction of sp³-hybridized carbons (Fsp3) is 0.583. The number of hydrogen-bond donors (Lipinski definition) is 1. The molecule has 0 spiro atoms. The zero-order valence-corrected chi connectivity index (χ0v) is 12.9. The third-order valence-corrected chi connectivity index (χ3v) is 3.80. The van der Waals surface area contributed by atoms with E-state index in [-0.39, 0.29) is 11.2 Å². The first kappa shape index (κ1) is 14.5. The summed E-state index contributed by atoms with van der Waals surface area (Å²) in [5, 5.41) is 3.41. The number of carbonyl (C=O) groups is 1. The van der Waals surface area contributed by atoms with Gasteiger partial charge in [0, 0.05) is 32.3 Å². The molecule has 7 heteroatoms. The van der Waals surface area contributed by atoms with Gasteiger partial charge in [-0.05, 0) is 46.8 Å². The molecule has 0 saturated carbocycles. The molecular weight excluding hydrogens is 332 g/mol. The van der Waals surface area contributed by atoms with E-state index in [0.29, 0.717) is 12.2 Å². The predicted octanol–water partition coefficient (Wildman–Crippen LogP) is 2.71. The van der Waals surface area contributed by atoms with E-state index in [9.17, 15) is 4.79 Å². The Labute approximate surface area is 125 Å². The van der Waals surface area contributed by atoms with Crippen LogP contribution in [0.1, 0.15) is 25.7 Å². The van der Waals surface area contributed by atoms with Crippen molar-refractivity contribution in [2.45, 2.75) is 25.7 Å². The number of nitrogens with zero attached hydrogens (tertiary/aromatic N) is 3. The summed E-state index contributed by atoms with van der Waals surface area (Å²) in [6, 6.07) is 0. The Bertz CT molecular complexity index is 457. The van der Waals surface area contributed by atoms with Gasteiger partial charge in [-0.3, -0.25) is 4.79 Å². The van der Waals surface area contributed by atoms with Gasteiger partial charge in [-0.25, -0.2) is 4.98 Å². The van der Waals surface area contributed by atoms with Crippen LogP contribution in [0.4, 0.5) is 5.82 Å². The third kappa shape index (κ3) is 4.31. The molecule has 1 aromatic rings. The molecule has 0 atom stereocenters. The molecule has 104 valence electrons. The molecule has 1 aliphatic heterocycles. The summed E-state index contributed by atoms with van der Waals surface area (Å²) in [6.45, 7) is 2.43. The van der Waals surface area contributed by atoms with Crippen LogP contribution in [-0.2, 0) is 4.79 Å². The van der Waals surface area contributed by atoms with Crippen LogP contribution in [0.25, 0.3) is 0 Å². The molecule has 2 rings (SSSR count). The minimum Gasteiger partial charge on any atom is -0.369 e. The molecule has 0 aromatic carbocycles. The summed E-state index contributed by atoms with van der Waals surface area (Å²) in [5.74, 6) is 0.961. The van der Waals surface area contributed by atoms with Crippen LogP contribution in [0.2, 0.25) is 5.28 Å². The van der Waals surface area contributed by atoms with Gasteiger partial charge in [0.15, 0.2) is 0 Å². The van der Waals surface area contributed by atoms with Crippen molar-refractivity contribution in [3.63, 3.8) is 0 Å². The van der Waals surface area contributed by atoms with Gasteiger partial charge in [0.25, 0.3) is 0 Å². The highest BCUT2D eigenvalue weighted by Gasteiger charge is 2.16. The second-order valence-electron chi connectivity index (χ2n) is 4.45. The summed E-state index contributed by atoms with van der Waals surface area (Å²) < 4.78 is 0.783. The first-order valence-electron chi connectivity index (χ1n) is 6.36. The molecule has 2 heterocycles. The quantitative estimate of drug-likeness (QED) is 0.657. The molecule has 1 aromatic heterocycles. The van der Waals surface area contributed by atoms with Gasteiger partial charge in [0.2, 0.25) is 11.2 Å². The van der Waals surface area contributed by atoms with E-state index < -0.39 is 0 Å². The largest absolute Gasteiger partial charge is 0.369 e. The van der Waals surface area contributed by atoms with Crippen LogP contribution in [-0.4, -0.2) is 40.4 Å². The number of likely N-dealkylation sites (tertiary alicyclic amines) is 1. The summed E-state index contributed by atoms with van der Waals surface area (Å²) in [4.78, 5) is 21.5. The first-order chi connectivity index (χ1) is 9.16. The van der Waals surface area contributed by atoms with Gasteiger partial charge in [-0.15, -0.1) is 0 Å². The van der Waals surface area contributed by atoms with E-state index >= 15 is 0 Å². The van der Waals surface area contributed by atoms with Crippen LogP contribution in [0.15, 0.2) is 10.7 Å². The van der Waals surface area contributed by atoms with Crippen LogP contribution >= 0.6 is 27.5 Å². The molecular formula is C12H16BrClN4O. The van der Waals surface area contributed by atoms with Gasteiger partial charge in [-0.1, -0.05) is 0 Å². The van der Waals surface area contributed by atoms with E-state index in [1.807, 2.05) is 4.90 Å². The first-order valence-corrected chi connectivity index (χ1v) is 7.53. The molecule has 1 N–H and O–H groups in total. The smallest absolute Gasteiger partial charge is 0.224 e. The maximum atomic E-state index is 11.6. The fourth-order valence-corrected chi connectivity index (χ4v) is 2.51. The lowest BCUT2D eigenvalue weighted by molar-refractivity contribution is -0.133. The lowest BCUT2D eigenvalue weighted by Crippen LogP contribution is -2.36. The van der Waals surface area contributed by atoms with E-state index in [4.69, 9.17) is 11.6 Å². The van der Waals surface area contributed by atoms with Crippen molar-refractivity contribution in [1.29, 1.82) is 0 Å². The normalized spacial score (nSPS) is 15.7. The maximum absolute atomic E-state index is 11.6. The number of piperidine rings is 1. The van der Waals surface area contributed by atoms with Gasteiger partial charge in [-0.2, -0.15) is 4.98 Å². The Hall–Kier alpha value is -0.880. The number of nitrogens with one attached hydrogen (secondary N) is 1. The summed E-state index contributed by atoms with van der Waals surface area (Å²) >= 11 is 9.09. The summed E-state index contributed by atoms with van der Waals surface area (Å²) in [5.41, 5.74) is 0. The van der Waals surface area contributed by atoms with E-state index in [1.54, 1.807) is 6.20 Å². The molecule has 0 aliphatic carbocycles. The van der Waals surface area contributed by atoms with Crippen molar-refractivity contribution < 1.29 is 4.79 Å². The number of rotatable bonds is 5. The van der Waals surface area contributed by atoms with Gasteiger partial charge >= 0.3 is 0 Å². The van der Waals surface area contributed by atoms with Crippen molar-refractivity contribution in [1.82, 2.24) is 14.9 Å². The Morgan fingerprint density at radius 2 is 2.32 bits per heavy atom. The topological polar surface area (TPSA) is 58.1 Å². The predicted molar refractivity (Wildman–Crippen MR) is 78.3 cm³/mol. The number of amides is 1.